The lowest BCUT2D eigenvalue weighted by molar-refractivity contribution is 0.627. The summed E-state index contributed by atoms with van der Waals surface area (Å²) in [6, 6.07) is 8.73. The topological polar surface area (TPSA) is 42.1 Å². The van der Waals surface area contributed by atoms with Gasteiger partial charge in [-0.05, 0) is 43.1 Å². The van der Waals surface area contributed by atoms with Crippen LogP contribution < -0.4 is 10.6 Å². The first kappa shape index (κ1) is 13.5. The van der Waals surface area contributed by atoms with Crippen molar-refractivity contribution in [1.29, 1.82) is 0 Å². The van der Waals surface area contributed by atoms with Gasteiger partial charge in [-0.2, -0.15) is 0 Å². The Bertz CT molecular complexity index is 569. The number of aromatic nitrogens is 1. The number of hydrogen-bond acceptors (Lipinski definition) is 3. The summed E-state index contributed by atoms with van der Waals surface area (Å²) < 4.78 is 13.8. The first-order chi connectivity index (χ1) is 9.13. The van der Waals surface area contributed by atoms with Crippen molar-refractivity contribution in [2.75, 3.05) is 18.5 Å². The van der Waals surface area contributed by atoms with Crippen molar-refractivity contribution < 1.29 is 4.39 Å². The van der Waals surface area contributed by atoms with Crippen molar-refractivity contribution >= 4 is 11.5 Å². The summed E-state index contributed by atoms with van der Waals surface area (Å²) >= 11 is 0. The molecule has 0 aliphatic carbocycles. The summed E-state index contributed by atoms with van der Waals surface area (Å²) in [6.45, 7) is 2.57. The molecule has 0 spiro atoms. The second-order valence-corrected chi connectivity index (χ2v) is 4.53. The third-order valence-corrected chi connectivity index (χ3v) is 3.07. The fraction of sp³-hybridized carbons (Fsp3) is 0.267. The van der Waals surface area contributed by atoms with E-state index < -0.39 is 0 Å². The molecule has 100 valence electrons. The number of para-hydroxylation sites is 1. The lowest BCUT2D eigenvalue weighted by Gasteiger charge is -2.21. The van der Waals surface area contributed by atoms with E-state index in [-0.39, 0.29) is 5.82 Å². The SMILES string of the molecule is Cc1cc(CCN)cnc1N(C)c1ccccc1F. The summed E-state index contributed by atoms with van der Waals surface area (Å²) in [6.07, 6.45) is 2.60. The minimum absolute atomic E-state index is 0.253. The maximum Gasteiger partial charge on any atom is 0.146 e. The monoisotopic (exact) mass is 259 g/mol. The maximum atomic E-state index is 13.8. The Balaban J connectivity index is 2.34. The van der Waals surface area contributed by atoms with E-state index in [1.54, 1.807) is 23.2 Å². The van der Waals surface area contributed by atoms with Crippen LogP contribution in [0.1, 0.15) is 11.1 Å². The van der Waals surface area contributed by atoms with Crippen molar-refractivity contribution in [2.24, 2.45) is 5.73 Å². The lowest BCUT2D eigenvalue weighted by atomic mass is 10.1. The third-order valence-electron chi connectivity index (χ3n) is 3.07. The molecule has 1 aromatic carbocycles. The molecule has 0 bridgehead atoms. The molecule has 0 unspecified atom stereocenters. The van der Waals surface area contributed by atoms with Gasteiger partial charge in [0.1, 0.15) is 11.6 Å². The standard InChI is InChI=1S/C15H18FN3/c1-11-9-12(7-8-17)10-18-15(11)19(2)14-6-4-3-5-13(14)16/h3-6,9-10H,7-8,17H2,1-2H3. The smallest absolute Gasteiger partial charge is 0.146 e. The number of anilines is 2. The van der Waals surface area contributed by atoms with E-state index >= 15 is 0 Å². The van der Waals surface area contributed by atoms with E-state index in [0.29, 0.717) is 12.2 Å². The number of nitrogens with two attached hydrogens (primary N) is 1. The van der Waals surface area contributed by atoms with Crippen LogP contribution in [-0.2, 0) is 6.42 Å². The van der Waals surface area contributed by atoms with Gasteiger partial charge in [0.2, 0.25) is 0 Å². The zero-order valence-electron chi connectivity index (χ0n) is 11.2. The lowest BCUT2D eigenvalue weighted by Crippen LogP contribution is -2.14. The molecule has 0 fully saturated rings. The number of pyridine rings is 1. The summed E-state index contributed by atoms with van der Waals surface area (Å²) in [5.74, 6) is 0.503. The van der Waals surface area contributed by atoms with E-state index in [4.69, 9.17) is 5.73 Å². The molecule has 1 aromatic heterocycles. The zero-order chi connectivity index (χ0) is 13.8. The molecule has 1 heterocycles. The number of nitrogens with zero attached hydrogens (tertiary/aromatic N) is 2. The second-order valence-electron chi connectivity index (χ2n) is 4.53. The quantitative estimate of drug-likeness (QED) is 0.918. The normalized spacial score (nSPS) is 10.5. The number of rotatable bonds is 4. The van der Waals surface area contributed by atoms with E-state index in [0.717, 1.165) is 23.4 Å². The summed E-state index contributed by atoms with van der Waals surface area (Å²) in [5.41, 5.74) is 8.16. The van der Waals surface area contributed by atoms with Crippen LogP contribution in [-0.4, -0.2) is 18.6 Å². The molecule has 4 heteroatoms. The van der Waals surface area contributed by atoms with Crippen LogP contribution >= 0.6 is 0 Å². The van der Waals surface area contributed by atoms with Crippen LogP contribution in [0.3, 0.4) is 0 Å². The average Bonchev–Trinajstić information content (AvgIpc) is 2.39. The van der Waals surface area contributed by atoms with E-state index in [9.17, 15) is 4.39 Å². The number of halogens is 1. The Hall–Kier alpha value is -1.94. The summed E-state index contributed by atoms with van der Waals surface area (Å²) in [5, 5.41) is 0. The highest BCUT2D eigenvalue weighted by Crippen LogP contribution is 2.27. The van der Waals surface area contributed by atoms with E-state index in [1.807, 2.05) is 26.1 Å². The molecule has 0 aliphatic rings. The summed E-state index contributed by atoms with van der Waals surface area (Å²) in [4.78, 5) is 6.18. The first-order valence-corrected chi connectivity index (χ1v) is 6.27. The molecule has 2 rings (SSSR count). The highest BCUT2D eigenvalue weighted by atomic mass is 19.1. The Labute approximate surface area is 112 Å². The van der Waals surface area contributed by atoms with Crippen LogP contribution in [0.15, 0.2) is 36.5 Å². The predicted molar refractivity (Wildman–Crippen MR) is 76.2 cm³/mol. The van der Waals surface area contributed by atoms with Crippen molar-refractivity contribution in [3.63, 3.8) is 0 Å². The average molecular weight is 259 g/mol. The van der Waals surface area contributed by atoms with Gasteiger partial charge in [-0.1, -0.05) is 18.2 Å². The second kappa shape index (κ2) is 5.80. The number of hydrogen-bond donors (Lipinski definition) is 1. The van der Waals surface area contributed by atoms with Crippen molar-refractivity contribution in [2.45, 2.75) is 13.3 Å². The van der Waals surface area contributed by atoms with Gasteiger partial charge >= 0.3 is 0 Å². The zero-order valence-corrected chi connectivity index (χ0v) is 11.2. The van der Waals surface area contributed by atoms with Crippen LogP contribution in [0, 0.1) is 12.7 Å². The molecule has 0 amide bonds. The largest absolute Gasteiger partial charge is 0.330 e. The van der Waals surface area contributed by atoms with Crippen LogP contribution in [0.5, 0.6) is 0 Å². The minimum Gasteiger partial charge on any atom is -0.330 e. The van der Waals surface area contributed by atoms with E-state index in [2.05, 4.69) is 4.98 Å². The molecule has 2 aromatic rings. The molecule has 0 saturated carbocycles. The molecule has 0 atom stereocenters. The highest BCUT2D eigenvalue weighted by Gasteiger charge is 2.12. The maximum absolute atomic E-state index is 13.8. The Morgan fingerprint density at radius 2 is 2.05 bits per heavy atom. The van der Waals surface area contributed by atoms with Gasteiger partial charge in [0.05, 0.1) is 5.69 Å². The predicted octanol–water partition coefficient (Wildman–Crippen LogP) is 2.80. The van der Waals surface area contributed by atoms with E-state index in [1.165, 1.54) is 6.07 Å². The fourth-order valence-electron chi connectivity index (χ4n) is 2.12. The van der Waals surface area contributed by atoms with Crippen LogP contribution in [0.2, 0.25) is 0 Å². The molecular formula is C15H18FN3. The van der Waals surface area contributed by atoms with Crippen molar-refractivity contribution in [3.05, 3.63) is 53.5 Å². The molecule has 19 heavy (non-hydrogen) atoms. The summed E-state index contributed by atoms with van der Waals surface area (Å²) in [7, 11) is 1.82. The Kier molecular flexibility index (Phi) is 4.12. The molecule has 3 nitrogen and oxygen atoms in total. The molecule has 0 aliphatic heterocycles. The van der Waals surface area contributed by atoms with Gasteiger partial charge in [0.25, 0.3) is 0 Å². The molecule has 2 N–H and O–H groups in total. The van der Waals surface area contributed by atoms with Crippen molar-refractivity contribution in [1.82, 2.24) is 4.98 Å². The van der Waals surface area contributed by atoms with Crippen molar-refractivity contribution in [3.8, 4) is 0 Å². The Morgan fingerprint density at radius 3 is 2.68 bits per heavy atom. The van der Waals surface area contributed by atoms with Crippen LogP contribution in [0.25, 0.3) is 0 Å². The fourth-order valence-corrected chi connectivity index (χ4v) is 2.12. The molecule has 0 radical (unpaired) electrons. The van der Waals surface area contributed by atoms with Gasteiger partial charge in [-0.3, -0.25) is 0 Å². The third kappa shape index (κ3) is 2.90. The minimum atomic E-state index is -0.253. The number of aryl methyl sites for hydroxylation is 1. The van der Waals surface area contributed by atoms with Gasteiger partial charge in [0, 0.05) is 13.2 Å². The van der Waals surface area contributed by atoms with Crippen LogP contribution in [0.4, 0.5) is 15.9 Å². The highest BCUT2D eigenvalue weighted by molar-refractivity contribution is 5.62. The molecular weight excluding hydrogens is 241 g/mol. The van der Waals surface area contributed by atoms with Gasteiger partial charge in [-0.25, -0.2) is 9.37 Å². The first-order valence-electron chi connectivity index (χ1n) is 6.27. The number of benzene rings is 1. The van der Waals surface area contributed by atoms with Gasteiger partial charge < -0.3 is 10.6 Å². The van der Waals surface area contributed by atoms with Gasteiger partial charge in [-0.15, -0.1) is 0 Å². The Morgan fingerprint density at radius 1 is 1.32 bits per heavy atom. The van der Waals surface area contributed by atoms with Gasteiger partial charge in [0.15, 0.2) is 0 Å². The molecule has 0 saturated heterocycles.